The van der Waals surface area contributed by atoms with Crippen LogP contribution in [0.25, 0.3) is 10.8 Å². The maximum atomic E-state index is 11.4. The largest absolute Gasteiger partial charge is 1.00 e. The Labute approximate surface area is 219 Å². The van der Waals surface area contributed by atoms with E-state index in [1.807, 2.05) is 6.07 Å². The van der Waals surface area contributed by atoms with E-state index in [4.69, 9.17) is 16.3 Å². The number of non-ortho nitro benzene ring substituents is 1. The molecule has 0 saturated heterocycles. The minimum atomic E-state index is -1.30. The molecular formula is C20H15ClN5NaO7. The number of carboxylic acid groups (broad SMARTS) is 1. The molecule has 3 aromatic carbocycles. The van der Waals surface area contributed by atoms with Gasteiger partial charge in [0.2, 0.25) is 0 Å². The topological polar surface area (TPSA) is 172 Å². The molecule has 0 saturated carbocycles. The van der Waals surface area contributed by atoms with Crippen molar-refractivity contribution in [2.24, 2.45) is 10.2 Å². The van der Waals surface area contributed by atoms with E-state index in [0.717, 1.165) is 23.2 Å². The molecule has 0 bridgehead atoms. The van der Waals surface area contributed by atoms with Crippen LogP contribution in [0, 0.1) is 20.2 Å². The number of nitro groups is 2. The summed E-state index contributed by atoms with van der Waals surface area (Å²) < 4.78 is 4.94. The molecule has 0 radical (unpaired) electrons. The van der Waals surface area contributed by atoms with Gasteiger partial charge in [-0.15, -0.1) is 10.2 Å². The van der Waals surface area contributed by atoms with Gasteiger partial charge < -0.3 is 20.0 Å². The minimum Gasteiger partial charge on any atom is -0.548 e. The molecule has 0 unspecified atom stereocenters. The Morgan fingerprint density at radius 3 is 2.38 bits per heavy atom. The van der Waals surface area contributed by atoms with Gasteiger partial charge in [0.25, 0.3) is 5.69 Å². The summed E-state index contributed by atoms with van der Waals surface area (Å²) >= 11 is 6.01. The zero-order valence-corrected chi connectivity index (χ0v) is 20.5. The number of halogens is 1. The van der Waals surface area contributed by atoms with Crippen LogP contribution < -0.4 is 40.0 Å². The van der Waals surface area contributed by atoms with E-state index in [9.17, 15) is 30.1 Å². The predicted molar refractivity (Wildman–Crippen MR) is 117 cm³/mol. The number of hydrogen-bond acceptors (Lipinski definition) is 10. The summed E-state index contributed by atoms with van der Waals surface area (Å²) in [6.07, 6.45) is 0. The van der Waals surface area contributed by atoms with Crippen LogP contribution in [0.1, 0.15) is 0 Å². The number of carbonyl (C=O) groups excluding carboxylic acids is 1. The third-order valence-electron chi connectivity index (χ3n) is 4.38. The van der Waals surface area contributed by atoms with E-state index in [1.165, 1.54) is 0 Å². The first kappa shape index (κ1) is 27.1. The number of rotatable bonds is 10. The number of aliphatic carboxylic acids is 1. The molecule has 3 rings (SSSR count). The Hall–Kier alpha value is -3.16. The summed E-state index contributed by atoms with van der Waals surface area (Å²) in [7, 11) is 0. The average Bonchev–Trinajstić information content (AvgIpc) is 2.77. The number of fused-ring (bicyclic) bond motifs is 1. The van der Waals surface area contributed by atoms with Crippen LogP contribution in [0.4, 0.5) is 28.4 Å². The van der Waals surface area contributed by atoms with Gasteiger partial charge in [-0.3, -0.25) is 20.2 Å². The van der Waals surface area contributed by atoms with Crippen LogP contribution in [-0.4, -0.2) is 35.6 Å². The van der Waals surface area contributed by atoms with Crippen LogP contribution >= 0.6 is 11.6 Å². The van der Waals surface area contributed by atoms with Gasteiger partial charge in [0, 0.05) is 29.1 Å². The van der Waals surface area contributed by atoms with Gasteiger partial charge in [-0.05, 0) is 12.1 Å². The van der Waals surface area contributed by atoms with Crippen molar-refractivity contribution in [2.45, 2.75) is 0 Å². The molecule has 0 fully saturated rings. The maximum absolute atomic E-state index is 11.4. The molecule has 1 N–H and O–H groups in total. The second-order valence-electron chi connectivity index (χ2n) is 6.54. The fourth-order valence-electron chi connectivity index (χ4n) is 2.96. The quantitative estimate of drug-likeness (QED) is 0.142. The summed E-state index contributed by atoms with van der Waals surface area (Å²) in [5.74, 6) is -1.30. The van der Waals surface area contributed by atoms with Gasteiger partial charge in [0.15, 0.2) is 5.69 Å². The van der Waals surface area contributed by atoms with Crippen LogP contribution in [-0.2, 0) is 9.53 Å². The number of anilines is 1. The zero-order valence-electron chi connectivity index (χ0n) is 17.8. The number of hydrogen-bond donors (Lipinski definition) is 1. The predicted octanol–water partition coefficient (Wildman–Crippen LogP) is 0.907. The number of carbonyl (C=O) groups is 1. The molecule has 0 aliphatic rings. The fraction of sp³-hybridized carbons (Fsp3) is 0.150. The smallest absolute Gasteiger partial charge is 0.548 e. The van der Waals surface area contributed by atoms with Gasteiger partial charge in [0.05, 0.1) is 45.8 Å². The average molecular weight is 496 g/mol. The molecule has 34 heavy (non-hydrogen) atoms. The summed E-state index contributed by atoms with van der Waals surface area (Å²) in [6, 6.07) is 12.2. The molecule has 12 nitrogen and oxygen atoms in total. The van der Waals surface area contributed by atoms with E-state index < -0.39 is 33.8 Å². The summed E-state index contributed by atoms with van der Waals surface area (Å²) in [4.78, 5) is 31.1. The maximum Gasteiger partial charge on any atom is 1.00 e. The third-order valence-corrected chi connectivity index (χ3v) is 4.66. The van der Waals surface area contributed by atoms with Crippen molar-refractivity contribution in [3.63, 3.8) is 0 Å². The second-order valence-corrected chi connectivity index (χ2v) is 6.95. The number of nitrogens with one attached hydrogen (secondary N) is 1. The number of ether oxygens (including phenoxy) is 1. The van der Waals surface area contributed by atoms with Crippen LogP contribution in [0.3, 0.4) is 0 Å². The molecular weight excluding hydrogens is 481 g/mol. The SMILES string of the molecule is O=C([O-])COCCNc1ccc(N=Nc2c(Cl)cc([N+](=O)[O-])cc2[N+](=O)[O-])c2ccccc12.[Na+]. The first-order valence-corrected chi connectivity index (χ1v) is 9.73. The van der Waals surface area contributed by atoms with Crippen LogP contribution in [0.2, 0.25) is 5.02 Å². The molecule has 0 amide bonds. The van der Waals surface area contributed by atoms with Gasteiger partial charge in [-0.25, -0.2) is 0 Å². The van der Waals surface area contributed by atoms with Gasteiger partial charge >= 0.3 is 35.2 Å². The van der Waals surface area contributed by atoms with Crippen molar-refractivity contribution < 1.29 is 54.0 Å². The van der Waals surface area contributed by atoms with Crippen molar-refractivity contribution in [1.29, 1.82) is 0 Å². The Balaban J connectivity index is 0.00000408. The molecule has 0 spiro atoms. The normalized spacial score (nSPS) is 10.7. The number of benzene rings is 3. The second kappa shape index (κ2) is 12.3. The van der Waals surface area contributed by atoms with E-state index >= 15 is 0 Å². The van der Waals surface area contributed by atoms with Crippen molar-refractivity contribution in [3.8, 4) is 0 Å². The van der Waals surface area contributed by atoms with Crippen LogP contribution in [0.5, 0.6) is 0 Å². The van der Waals surface area contributed by atoms with Gasteiger partial charge in [-0.2, -0.15) is 0 Å². The Kier molecular flexibility index (Phi) is 9.83. The van der Waals surface area contributed by atoms with Crippen molar-refractivity contribution in [1.82, 2.24) is 0 Å². The molecule has 0 heterocycles. The number of azo groups is 1. The fourth-order valence-corrected chi connectivity index (χ4v) is 3.20. The first-order chi connectivity index (χ1) is 15.8. The van der Waals surface area contributed by atoms with Gasteiger partial charge in [-0.1, -0.05) is 35.9 Å². The zero-order chi connectivity index (χ0) is 24.0. The molecule has 0 atom stereocenters. The Morgan fingerprint density at radius 2 is 1.74 bits per heavy atom. The van der Waals surface area contributed by atoms with E-state index in [2.05, 4.69) is 15.5 Å². The third kappa shape index (κ3) is 6.68. The van der Waals surface area contributed by atoms with Gasteiger partial charge in [0.1, 0.15) is 0 Å². The molecule has 0 aliphatic heterocycles. The number of nitro benzene ring substituents is 2. The van der Waals surface area contributed by atoms with Crippen molar-refractivity contribution in [3.05, 3.63) is 73.8 Å². The molecule has 170 valence electrons. The number of carboxylic acids is 1. The summed E-state index contributed by atoms with van der Waals surface area (Å²) in [5, 5.41) is 45.0. The molecule has 3 aromatic rings. The van der Waals surface area contributed by atoms with Crippen molar-refractivity contribution in [2.75, 3.05) is 25.1 Å². The first-order valence-electron chi connectivity index (χ1n) is 9.35. The van der Waals surface area contributed by atoms with E-state index in [-0.39, 0.29) is 46.9 Å². The van der Waals surface area contributed by atoms with E-state index in [1.54, 1.807) is 30.3 Å². The Morgan fingerprint density at radius 1 is 1.03 bits per heavy atom. The standard InChI is InChI=1S/C20H16ClN5O7.Na/c21-15-9-12(25(29)30)10-18(26(31)32)20(15)24-23-17-6-5-16(13-3-1-2-4-14(13)17)22-7-8-33-11-19(27)28;/h1-6,9-10,22H,7-8,11H2,(H,27,28);/q;+1/p-1. The molecule has 0 aliphatic carbocycles. The summed E-state index contributed by atoms with van der Waals surface area (Å²) in [6.45, 7) is -0.0199. The molecule has 0 aromatic heterocycles. The Bertz CT molecular complexity index is 1270. The minimum absolute atomic E-state index is 0. The van der Waals surface area contributed by atoms with Crippen LogP contribution in [0.15, 0.2) is 58.8 Å². The monoisotopic (exact) mass is 495 g/mol. The molecule has 14 heteroatoms. The number of nitrogens with zero attached hydrogens (tertiary/aromatic N) is 4. The summed E-state index contributed by atoms with van der Waals surface area (Å²) in [5.41, 5.74) is -0.370. The van der Waals surface area contributed by atoms with E-state index in [0.29, 0.717) is 17.6 Å². The van der Waals surface area contributed by atoms with Crippen molar-refractivity contribution >= 4 is 56.8 Å².